The van der Waals surface area contributed by atoms with Crippen molar-refractivity contribution in [1.29, 1.82) is 0 Å². The van der Waals surface area contributed by atoms with Crippen LogP contribution in [0.3, 0.4) is 0 Å². The molecule has 146 valence electrons. The van der Waals surface area contributed by atoms with Crippen LogP contribution < -0.4 is 5.32 Å². The summed E-state index contributed by atoms with van der Waals surface area (Å²) in [5.41, 5.74) is 0. The maximum absolute atomic E-state index is 12.9. The molecule has 4 aliphatic rings. The van der Waals surface area contributed by atoms with E-state index >= 15 is 0 Å². The largest absolute Gasteiger partial charge is 0.341 e. The molecule has 3 aliphatic heterocycles. The molecule has 4 atom stereocenters. The highest BCUT2D eigenvalue weighted by molar-refractivity contribution is 5.83. The van der Waals surface area contributed by atoms with Gasteiger partial charge in [0, 0.05) is 45.3 Å². The number of carbonyl (C=O) groups is 2. The van der Waals surface area contributed by atoms with E-state index in [4.69, 9.17) is 0 Å². The smallest absolute Gasteiger partial charge is 0.239 e. The summed E-state index contributed by atoms with van der Waals surface area (Å²) in [4.78, 5) is 31.8. The van der Waals surface area contributed by atoms with Crippen LogP contribution in [0.5, 0.6) is 0 Å². The van der Waals surface area contributed by atoms with Crippen molar-refractivity contribution in [3.63, 3.8) is 0 Å². The van der Waals surface area contributed by atoms with Crippen molar-refractivity contribution in [1.82, 2.24) is 20.0 Å². The molecule has 4 unspecified atom stereocenters. The van der Waals surface area contributed by atoms with E-state index in [0.717, 1.165) is 58.5 Å². The van der Waals surface area contributed by atoms with Gasteiger partial charge in [0.25, 0.3) is 0 Å². The lowest BCUT2D eigenvalue weighted by molar-refractivity contribution is -0.138. The molecule has 26 heavy (non-hydrogen) atoms. The minimum atomic E-state index is -0.0576. The summed E-state index contributed by atoms with van der Waals surface area (Å²) in [5, 5.41) is 3.61. The lowest BCUT2D eigenvalue weighted by atomic mass is 9.85. The Morgan fingerprint density at radius 3 is 2.27 bits per heavy atom. The van der Waals surface area contributed by atoms with Crippen LogP contribution in [0.2, 0.25) is 0 Å². The van der Waals surface area contributed by atoms with Gasteiger partial charge < -0.3 is 15.1 Å². The summed E-state index contributed by atoms with van der Waals surface area (Å²) in [5.74, 6) is 1.26. The van der Waals surface area contributed by atoms with Gasteiger partial charge in [-0.1, -0.05) is 12.8 Å². The Kier molecular flexibility index (Phi) is 5.50. The quantitative estimate of drug-likeness (QED) is 0.816. The van der Waals surface area contributed by atoms with Gasteiger partial charge in [-0.2, -0.15) is 0 Å². The number of hydrogen-bond acceptors (Lipinski definition) is 4. The number of hydrogen-bond donors (Lipinski definition) is 1. The van der Waals surface area contributed by atoms with Crippen molar-refractivity contribution < 1.29 is 9.59 Å². The highest BCUT2D eigenvalue weighted by Gasteiger charge is 2.40. The zero-order valence-corrected chi connectivity index (χ0v) is 16.2. The van der Waals surface area contributed by atoms with Gasteiger partial charge in [0.1, 0.15) is 0 Å². The first-order valence-corrected chi connectivity index (χ1v) is 10.7. The Labute approximate surface area is 157 Å². The summed E-state index contributed by atoms with van der Waals surface area (Å²) in [7, 11) is 0. The first kappa shape index (κ1) is 18.2. The van der Waals surface area contributed by atoms with Crippen LogP contribution in [0.4, 0.5) is 0 Å². The number of fused-ring (bicyclic) bond motifs is 1. The maximum atomic E-state index is 12.9. The monoisotopic (exact) mass is 362 g/mol. The molecular weight excluding hydrogens is 328 g/mol. The summed E-state index contributed by atoms with van der Waals surface area (Å²) in [6, 6.07) is 0.535. The minimum absolute atomic E-state index is 0.0262. The van der Waals surface area contributed by atoms with Crippen LogP contribution in [0.15, 0.2) is 0 Å². The molecule has 6 heteroatoms. The molecule has 0 aromatic heterocycles. The fourth-order valence-electron chi connectivity index (χ4n) is 5.42. The first-order chi connectivity index (χ1) is 12.6. The van der Waals surface area contributed by atoms with Gasteiger partial charge in [-0.05, 0) is 44.9 Å². The summed E-state index contributed by atoms with van der Waals surface area (Å²) >= 11 is 0. The van der Waals surface area contributed by atoms with E-state index in [2.05, 4.69) is 10.2 Å². The topological polar surface area (TPSA) is 55.9 Å². The van der Waals surface area contributed by atoms with Gasteiger partial charge in [-0.25, -0.2) is 0 Å². The van der Waals surface area contributed by atoms with Gasteiger partial charge in [0.15, 0.2) is 0 Å². The van der Waals surface area contributed by atoms with Crippen molar-refractivity contribution in [3.05, 3.63) is 0 Å². The van der Waals surface area contributed by atoms with E-state index in [9.17, 15) is 9.59 Å². The fraction of sp³-hybridized carbons (Fsp3) is 0.900. The van der Waals surface area contributed by atoms with Gasteiger partial charge in [0.2, 0.25) is 11.8 Å². The molecule has 0 radical (unpaired) electrons. The Balaban J connectivity index is 1.26. The van der Waals surface area contributed by atoms with Crippen molar-refractivity contribution in [2.45, 2.75) is 70.0 Å². The number of likely N-dealkylation sites (tertiary alicyclic amines) is 1. The molecule has 0 bridgehead atoms. The Bertz CT molecular complexity index is 512. The third kappa shape index (κ3) is 3.63. The van der Waals surface area contributed by atoms with E-state index in [0.29, 0.717) is 12.0 Å². The number of piperazine rings is 1. The lowest BCUT2D eigenvalue weighted by Gasteiger charge is -2.39. The second-order valence-corrected chi connectivity index (χ2v) is 8.68. The molecule has 4 rings (SSSR count). The number of nitrogens with one attached hydrogen (secondary N) is 1. The van der Waals surface area contributed by atoms with Gasteiger partial charge in [0.05, 0.1) is 12.1 Å². The molecule has 0 aromatic rings. The number of nitrogens with zero attached hydrogens (tertiary/aromatic N) is 3. The average molecular weight is 363 g/mol. The van der Waals surface area contributed by atoms with Crippen LogP contribution in [0, 0.1) is 5.92 Å². The molecule has 1 N–H and O–H groups in total. The normalized spacial score (nSPS) is 34.0. The van der Waals surface area contributed by atoms with E-state index in [1.807, 2.05) is 16.7 Å². The molecule has 3 saturated heterocycles. The van der Waals surface area contributed by atoms with Gasteiger partial charge in [-0.15, -0.1) is 0 Å². The molecule has 1 saturated carbocycles. The van der Waals surface area contributed by atoms with Crippen molar-refractivity contribution in [2.24, 2.45) is 5.92 Å². The second-order valence-electron chi connectivity index (χ2n) is 8.68. The molecule has 3 heterocycles. The zero-order chi connectivity index (χ0) is 18.1. The number of amides is 2. The Morgan fingerprint density at radius 2 is 1.58 bits per heavy atom. The minimum Gasteiger partial charge on any atom is -0.341 e. The van der Waals surface area contributed by atoms with Crippen LogP contribution in [0.1, 0.15) is 51.9 Å². The predicted octanol–water partition coefficient (Wildman–Crippen LogP) is 1.06. The molecule has 1 aliphatic carbocycles. The van der Waals surface area contributed by atoms with Crippen LogP contribution in [0.25, 0.3) is 0 Å². The fourth-order valence-corrected chi connectivity index (χ4v) is 5.42. The first-order valence-electron chi connectivity index (χ1n) is 10.7. The standard InChI is InChI=1S/C20H34N4O2/c1-15(19(25)23-8-4-5-9-23)22-10-12-24(13-11-22)20(26)18-14-16-6-2-3-7-17(16)21-18/h15-18,21H,2-14H2,1H3. The van der Waals surface area contributed by atoms with Crippen LogP contribution in [-0.2, 0) is 9.59 Å². The molecule has 0 aromatic carbocycles. The molecule has 0 spiro atoms. The third-order valence-electron chi connectivity index (χ3n) is 7.11. The van der Waals surface area contributed by atoms with Crippen molar-refractivity contribution >= 4 is 11.8 Å². The lowest BCUT2D eigenvalue weighted by Crippen LogP contribution is -2.57. The van der Waals surface area contributed by atoms with Gasteiger partial charge in [-0.3, -0.25) is 14.5 Å². The third-order valence-corrected chi connectivity index (χ3v) is 7.11. The molecule has 6 nitrogen and oxygen atoms in total. The highest BCUT2D eigenvalue weighted by Crippen LogP contribution is 2.33. The zero-order valence-electron chi connectivity index (χ0n) is 16.2. The van der Waals surface area contributed by atoms with E-state index in [1.54, 1.807) is 0 Å². The Hall–Kier alpha value is -1.14. The summed E-state index contributed by atoms with van der Waals surface area (Å²) < 4.78 is 0. The Morgan fingerprint density at radius 1 is 0.885 bits per heavy atom. The number of carbonyl (C=O) groups excluding carboxylic acids is 2. The molecular formula is C20H34N4O2. The van der Waals surface area contributed by atoms with Crippen molar-refractivity contribution in [3.8, 4) is 0 Å². The van der Waals surface area contributed by atoms with E-state index in [1.165, 1.54) is 25.7 Å². The molecule has 2 amide bonds. The summed E-state index contributed by atoms with van der Waals surface area (Å²) in [6.45, 7) is 6.99. The maximum Gasteiger partial charge on any atom is 0.239 e. The second kappa shape index (κ2) is 7.85. The molecule has 4 fully saturated rings. The predicted molar refractivity (Wildman–Crippen MR) is 101 cm³/mol. The SMILES string of the molecule is CC(C(=O)N1CCCC1)N1CCN(C(=O)C2CC3CCCCC3N2)CC1. The van der Waals surface area contributed by atoms with E-state index in [-0.39, 0.29) is 23.9 Å². The highest BCUT2D eigenvalue weighted by atomic mass is 16.2. The number of rotatable bonds is 3. The van der Waals surface area contributed by atoms with Crippen molar-refractivity contribution in [2.75, 3.05) is 39.3 Å². The van der Waals surface area contributed by atoms with Crippen LogP contribution in [-0.4, -0.2) is 83.9 Å². The van der Waals surface area contributed by atoms with Crippen LogP contribution >= 0.6 is 0 Å². The average Bonchev–Trinajstić information content (AvgIpc) is 3.36. The summed E-state index contributed by atoms with van der Waals surface area (Å²) in [6.07, 6.45) is 8.44. The van der Waals surface area contributed by atoms with Gasteiger partial charge >= 0.3 is 0 Å². The van der Waals surface area contributed by atoms with E-state index < -0.39 is 0 Å².